The Bertz CT molecular complexity index is 2100. The quantitative estimate of drug-likeness (QED) is 0.0396. The Labute approximate surface area is 323 Å². The molecule has 0 unspecified atom stereocenters. The smallest absolute Gasteiger partial charge is 0.270 e. The molecule has 0 fully saturated rings. The summed E-state index contributed by atoms with van der Waals surface area (Å²) in [7, 11) is -7.16. The molecule has 0 bridgehead atoms. The molecule has 0 atom stereocenters. The predicted octanol–water partition coefficient (Wildman–Crippen LogP) is 6.27. The van der Waals surface area contributed by atoms with Crippen LogP contribution in [0.2, 0.25) is 0 Å². The van der Waals surface area contributed by atoms with E-state index < -0.39 is 24.1 Å². The first-order chi connectivity index (χ1) is 27.2. The lowest BCUT2D eigenvalue weighted by Crippen LogP contribution is -2.27. The van der Waals surface area contributed by atoms with E-state index in [1.54, 1.807) is 97.1 Å². The lowest BCUT2D eigenvalue weighted by atomic mass is 10.3. The number of ether oxygens (including phenoxy) is 4. The van der Waals surface area contributed by atoms with Gasteiger partial charge in [0.05, 0.1) is 46.9 Å². The van der Waals surface area contributed by atoms with E-state index in [1.807, 2.05) is 24.3 Å². The third-order valence-electron chi connectivity index (χ3n) is 8.81. The number of hydrogen-bond donors (Lipinski definition) is 0. The summed E-state index contributed by atoms with van der Waals surface area (Å²) >= 11 is 0. The minimum absolute atomic E-state index is 0.0727. The third kappa shape index (κ3) is 8.96. The van der Waals surface area contributed by atoms with Crippen molar-refractivity contribution in [2.45, 2.75) is 0 Å². The first-order valence-electron chi connectivity index (χ1n) is 17.6. The van der Waals surface area contributed by atoms with Crippen molar-refractivity contribution in [3.8, 4) is 11.5 Å². The van der Waals surface area contributed by atoms with E-state index in [4.69, 9.17) is 18.9 Å². The van der Waals surface area contributed by atoms with E-state index >= 15 is 9.13 Å². The summed E-state index contributed by atoms with van der Waals surface area (Å²) in [5.41, 5.74) is -0.411. The Morgan fingerprint density at radius 2 is 0.696 bits per heavy atom. The van der Waals surface area contributed by atoms with Crippen LogP contribution in [-0.2, 0) is 18.6 Å². The van der Waals surface area contributed by atoms with Crippen LogP contribution in [0.4, 0.5) is 11.4 Å². The highest BCUT2D eigenvalue weighted by atomic mass is 31.2. The molecular weight excluding hydrogens is 754 g/mol. The van der Waals surface area contributed by atoms with E-state index in [9.17, 15) is 20.2 Å². The summed E-state index contributed by atoms with van der Waals surface area (Å²) in [6.45, 7) is 0.869. The summed E-state index contributed by atoms with van der Waals surface area (Å²) < 4.78 is 53.5. The van der Waals surface area contributed by atoms with Crippen molar-refractivity contribution in [2.24, 2.45) is 0 Å². The van der Waals surface area contributed by atoms with Gasteiger partial charge in [0.2, 0.25) is 0 Å². The monoisotopic (exact) mass is 792 g/mol. The van der Waals surface area contributed by atoms with Gasteiger partial charge in [-0.15, -0.1) is 0 Å². The molecule has 6 aromatic rings. The van der Waals surface area contributed by atoms with Gasteiger partial charge in [-0.3, -0.25) is 20.2 Å². The van der Waals surface area contributed by atoms with Crippen LogP contribution in [-0.4, -0.2) is 49.5 Å². The van der Waals surface area contributed by atoms with Crippen LogP contribution < -0.4 is 41.3 Å². The van der Waals surface area contributed by atoms with Gasteiger partial charge >= 0.3 is 0 Å². The molecular formula is C42H38N2O10P2. The van der Waals surface area contributed by atoms with E-state index in [0.717, 1.165) is 0 Å². The van der Waals surface area contributed by atoms with Crippen LogP contribution >= 0.6 is 14.3 Å². The molecule has 0 aromatic heterocycles. The van der Waals surface area contributed by atoms with E-state index in [-0.39, 0.29) is 73.1 Å². The van der Waals surface area contributed by atoms with Gasteiger partial charge in [-0.2, -0.15) is 0 Å². The van der Waals surface area contributed by atoms with E-state index in [0.29, 0.717) is 21.2 Å². The molecule has 0 amide bonds. The minimum Gasteiger partial charge on any atom is -0.490 e. The van der Waals surface area contributed by atoms with Crippen molar-refractivity contribution in [1.29, 1.82) is 0 Å². The molecule has 14 heteroatoms. The number of non-ortho nitro benzene ring substituents is 2. The highest BCUT2D eigenvalue weighted by Crippen LogP contribution is 2.47. The Morgan fingerprint density at radius 3 is 0.982 bits per heavy atom. The lowest BCUT2D eigenvalue weighted by molar-refractivity contribution is -0.385. The molecule has 0 radical (unpaired) electrons. The molecule has 0 aliphatic heterocycles. The van der Waals surface area contributed by atoms with Crippen LogP contribution in [0.25, 0.3) is 0 Å². The van der Waals surface area contributed by atoms with E-state index in [2.05, 4.69) is 0 Å². The van der Waals surface area contributed by atoms with Crippen molar-refractivity contribution in [3.63, 3.8) is 0 Å². The SMILES string of the molecule is O=[N+]([O-])c1ccc(OCCOCCOCCOc2ccc([N+](=O)[O-])cc2P(=O)(c2ccccc2)c2ccccc2)c(P(=O)(c2ccccc2)c2ccccc2)c1. The Morgan fingerprint density at radius 1 is 0.411 bits per heavy atom. The molecule has 0 N–H and O–H groups in total. The van der Waals surface area contributed by atoms with Gasteiger partial charge in [-0.25, -0.2) is 0 Å². The van der Waals surface area contributed by atoms with Crippen LogP contribution in [0.5, 0.6) is 11.5 Å². The molecule has 0 aliphatic rings. The van der Waals surface area contributed by atoms with Crippen molar-refractivity contribution >= 4 is 57.5 Å². The normalized spacial score (nSPS) is 11.5. The molecule has 286 valence electrons. The fourth-order valence-corrected chi connectivity index (χ4v) is 11.7. The molecule has 0 saturated carbocycles. The zero-order valence-corrected chi connectivity index (χ0v) is 31.9. The summed E-state index contributed by atoms with van der Waals surface area (Å²) in [4.78, 5) is 22.5. The summed E-state index contributed by atoms with van der Waals surface area (Å²) in [5.74, 6) is 0.497. The second-order valence-corrected chi connectivity index (χ2v) is 17.8. The largest absolute Gasteiger partial charge is 0.490 e. The average Bonchev–Trinajstić information content (AvgIpc) is 3.25. The molecule has 6 rings (SSSR count). The van der Waals surface area contributed by atoms with Gasteiger partial charge in [0.15, 0.2) is 14.3 Å². The molecule has 0 saturated heterocycles. The van der Waals surface area contributed by atoms with E-state index in [1.165, 1.54) is 36.4 Å². The highest BCUT2D eigenvalue weighted by Gasteiger charge is 2.35. The maximum absolute atomic E-state index is 15.0. The maximum Gasteiger partial charge on any atom is 0.270 e. The van der Waals surface area contributed by atoms with Crippen molar-refractivity contribution < 1.29 is 37.9 Å². The molecule has 56 heavy (non-hydrogen) atoms. The summed E-state index contributed by atoms with van der Waals surface area (Å²) in [6, 6.07) is 43.5. The van der Waals surface area contributed by atoms with Gasteiger partial charge in [-0.1, -0.05) is 121 Å². The average molecular weight is 793 g/mol. The van der Waals surface area contributed by atoms with Crippen molar-refractivity contribution in [3.05, 3.63) is 178 Å². The van der Waals surface area contributed by atoms with Gasteiger partial charge in [0.1, 0.15) is 24.7 Å². The van der Waals surface area contributed by atoms with Crippen LogP contribution in [0, 0.1) is 20.2 Å². The molecule has 6 aromatic carbocycles. The number of nitro benzene ring substituents is 2. The Kier molecular flexibility index (Phi) is 13.2. The topological polar surface area (TPSA) is 157 Å². The zero-order chi connectivity index (χ0) is 39.4. The zero-order valence-electron chi connectivity index (χ0n) is 30.1. The fraction of sp³-hybridized carbons (Fsp3) is 0.143. The summed E-state index contributed by atoms with van der Waals surface area (Å²) in [5, 5.41) is 26.0. The third-order valence-corrected chi connectivity index (χ3v) is 15.0. The van der Waals surface area contributed by atoms with Crippen LogP contribution in [0.3, 0.4) is 0 Å². The lowest BCUT2D eigenvalue weighted by Gasteiger charge is -2.22. The highest BCUT2D eigenvalue weighted by molar-refractivity contribution is 7.86. The van der Waals surface area contributed by atoms with Gasteiger partial charge in [0, 0.05) is 45.5 Å². The van der Waals surface area contributed by atoms with Gasteiger partial charge < -0.3 is 28.1 Å². The number of nitro groups is 2. The summed E-state index contributed by atoms with van der Waals surface area (Å²) in [6.07, 6.45) is 0. The molecule has 0 aliphatic carbocycles. The first-order valence-corrected chi connectivity index (χ1v) is 21.1. The fourth-order valence-electron chi connectivity index (χ4n) is 6.12. The van der Waals surface area contributed by atoms with Crippen molar-refractivity contribution in [1.82, 2.24) is 0 Å². The first kappa shape index (κ1) is 39.8. The van der Waals surface area contributed by atoms with Crippen molar-refractivity contribution in [2.75, 3.05) is 39.6 Å². The molecule has 12 nitrogen and oxygen atoms in total. The number of hydrogen-bond acceptors (Lipinski definition) is 10. The minimum atomic E-state index is -3.58. The number of rotatable bonds is 19. The van der Waals surface area contributed by atoms with Gasteiger partial charge in [-0.05, 0) is 12.1 Å². The van der Waals surface area contributed by atoms with Crippen LogP contribution in [0.1, 0.15) is 0 Å². The maximum atomic E-state index is 15.0. The molecule has 0 spiro atoms. The Hall–Kier alpha value is -5.90. The number of benzene rings is 6. The standard InChI is InChI=1S/C42H38N2O10P2/c45-43(46)33-21-23-39(41(31-33)55(49,35-13-5-1-6-14-35)36-15-7-2-8-16-36)53-29-27-51-25-26-52-28-30-54-40-24-22-34(44(47)48)32-42(40)56(50,37-17-9-3-10-18-37)38-19-11-4-12-20-38/h1-24,31-32H,25-30H2. The second-order valence-electron chi connectivity index (χ2n) is 12.3. The predicted molar refractivity (Wildman–Crippen MR) is 218 cm³/mol. The van der Waals surface area contributed by atoms with Crippen LogP contribution in [0.15, 0.2) is 158 Å². The van der Waals surface area contributed by atoms with Gasteiger partial charge in [0.25, 0.3) is 11.4 Å². The number of nitrogens with zero attached hydrogens (tertiary/aromatic N) is 2. The Balaban J connectivity index is 1.06. The second kappa shape index (κ2) is 18.6. The molecule has 0 heterocycles.